The second-order valence-electron chi connectivity index (χ2n) is 5.94. The van der Waals surface area contributed by atoms with Crippen molar-refractivity contribution >= 4 is 28.2 Å². The van der Waals surface area contributed by atoms with Gasteiger partial charge in [0.25, 0.3) is 0 Å². The summed E-state index contributed by atoms with van der Waals surface area (Å²) in [6.45, 7) is 7.22. The fourth-order valence-corrected chi connectivity index (χ4v) is 2.92. The third kappa shape index (κ3) is 6.45. The summed E-state index contributed by atoms with van der Waals surface area (Å²) < 4.78 is 18.0. The van der Waals surface area contributed by atoms with Crippen LogP contribution in [0, 0.1) is 13.8 Å². The molecule has 150 valence electrons. The maximum Gasteiger partial charge on any atom is 0.332 e. The van der Waals surface area contributed by atoms with Crippen LogP contribution in [0.2, 0.25) is 0 Å². The summed E-state index contributed by atoms with van der Waals surface area (Å²) in [6, 6.07) is 8.81. The highest BCUT2D eigenvalue weighted by Gasteiger charge is 2.12. The van der Waals surface area contributed by atoms with E-state index in [1.807, 2.05) is 32.0 Å². The van der Waals surface area contributed by atoms with Crippen LogP contribution in [0.25, 0.3) is 0 Å². The smallest absolute Gasteiger partial charge is 0.332 e. The van der Waals surface area contributed by atoms with E-state index < -0.39 is 6.03 Å². The van der Waals surface area contributed by atoms with Crippen LogP contribution in [-0.4, -0.2) is 32.1 Å². The fraction of sp³-hybridized carbons (Fsp3) is 0.300. The number of hydrogen-bond donors (Lipinski definition) is 2. The van der Waals surface area contributed by atoms with Crippen LogP contribution < -0.4 is 25.4 Å². The largest absolute Gasteiger partial charge is 0.490 e. The molecule has 0 spiro atoms. The molecule has 0 aliphatic rings. The number of halogens is 1. The van der Waals surface area contributed by atoms with Crippen molar-refractivity contribution < 1.29 is 19.0 Å². The van der Waals surface area contributed by atoms with E-state index in [0.29, 0.717) is 41.4 Å². The molecule has 2 aromatic rings. The Kier molecular flexibility index (Phi) is 8.13. The molecule has 0 bridgehead atoms. The van der Waals surface area contributed by atoms with Gasteiger partial charge in [0.1, 0.15) is 19.0 Å². The SMILES string of the molecule is CCOc1cc(/C=N\NC(N)=O)cc(Br)c1OCCOc1ccc(C)c(C)c1. The minimum atomic E-state index is -0.732. The molecule has 7 nitrogen and oxygen atoms in total. The number of amides is 2. The first kappa shape index (κ1) is 21.6. The summed E-state index contributed by atoms with van der Waals surface area (Å²) in [5.74, 6) is 1.94. The van der Waals surface area contributed by atoms with Crippen molar-refractivity contribution in [1.29, 1.82) is 0 Å². The van der Waals surface area contributed by atoms with E-state index in [0.717, 1.165) is 5.75 Å². The van der Waals surface area contributed by atoms with Gasteiger partial charge < -0.3 is 19.9 Å². The number of nitrogens with two attached hydrogens (primary N) is 1. The first-order valence-corrected chi connectivity index (χ1v) is 9.57. The molecule has 8 heteroatoms. The minimum absolute atomic E-state index is 0.349. The number of nitrogens with zero attached hydrogens (tertiary/aromatic N) is 1. The van der Waals surface area contributed by atoms with E-state index >= 15 is 0 Å². The van der Waals surface area contributed by atoms with Gasteiger partial charge in [-0.15, -0.1) is 0 Å². The quantitative estimate of drug-likeness (QED) is 0.344. The first-order chi connectivity index (χ1) is 13.4. The Morgan fingerprint density at radius 3 is 2.57 bits per heavy atom. The number of carbonyl (C=O) groups is 1. The number of primary amides is 1. The molecule has 0 saturated heterocycles. The highest BCUT2D eigenvalue weighted by molar-refractivity contribution is 9.10. The lowest BCUT2D eigenvalue weighted by atomic mass is 10.1. The molecular formula is C20H24BrN3O4. The average molecular weight is 450 g/mol. The van der Waals surface area contributed by atoms with Crippen LogP contribution in [0.4, 0.5) is 4.79 Å². The molecule has 2 aromatic carbocycles. The third-order valence-corrected chi connectivity index (χ3v) is 4.39. The molecule has 0 saturated carbocycles. The predicted molar refractivity (Wildman–Crippen MR) is 113 cm³/mol. The third-order valence-electron chi connectivity index (χ3n) is 3.80. The van der Waals surface area contributed by atoms with Crippen LogP contribution in [0.3, 0.4) is 0 Å². The standard InChI is InChI=1S/C20H24BrN3O4/c1-4-26-18-11-15(12-23-24-20(22)25)10-17(21)19(18)28-8-7-27-16-6-5-13(2)14(3)9-16/h5-6,9-12H,4,7-8H2,1-3H3,(H3,22,24,25)/b23-12-. The first-order valence-electron chi connectivity index (χ1n) is 8.78. The van der Waals surface area contributed by atoms with Crippen LogP contribution in [0.5, 0.6) is 17.2 Å². The molecule has 28 heavy (non-hydrogen) atoms. The van der Waals surface area contributed by atoms with Crippen LogP contribution in [0.1, 0.15) is 23.6 Å². The van der Waals surface area contributed by atoms with Crippen molar-refractivity contribution in [2.75, 3.05) is 19.8 Å². The normalized spacial score (nSPS) is 10.7. The van der Waals surface area contributed by atoms with Gasteiger partial charge >= 0.3 is 6.03 Å². The Morgan fingerprint density at radius 2 is 1.89 bits per heavy atom. The highest BCUT2D eigenvalue weighted by atomic mass is 79.9. The van der Waals surface area contributed by atoms with Crippen LogP contribution in [0.15, 0.2) is 39.9 Å². The summed E-state index contributed by atoms with van der Waals surface area (Å²) >= 11 is 3.48. The average Bonchev–Trinajstić information content (AvgIpc) is 2.63. The van der Waals surface area contributed by atoms with Crippen molar-refractivity contribution in [3.05, 3.63) is 51.5 Å². The zero-order valence-electron chi connectivity index (χ0n) is 16.1. The molecule has 0 unspecified atom stereocenters. The molecule has 0 heterocycles. The highest BCUT2D eigenvalue weighted by Crippen LogP contribution is 2.36. The van der Waals surface area contributed by atoms with E-state index in [9.17, 15) is 4.79 Å². The maximum atomic E-state index is 10.7. The lowest BCUT2D eigenvalue weighted by Crippen LogP contribution is -2.24. The molecule has 3 N–H and O–H groups in total. The van der Waals surface area contributed by atoms with Crippen molar-refractivity contribution in [3.63, 3.8) is 0 Å². The van der Waals surface area contributed by atoms with Gasteiger partial charge in [0.2, 0.25) is 0 Å². The fourth-order valence-electron chi connectivity index (χ4n) is 2.34. The van der Waals surface area contributed by atoms with Gasteiger partial charge in [-0.05, 0) is 77.7 Å². The number of ether oxygens (including phenoxy) is 3. The zero-order chi connectivity index (χ0) is 20.5. The molecule has 0 fully saturated rings. The van der Waals surface area contributed by atoms with Gasteiger partial charge in [-0.2, -0.15) is 5.10 Å². The Bertz CT molecular complexity index is 856. The van der Waals surface area contributed by atoms with Gasteiger partial charge in [0.05, 0.1) is 17.3 Å². The predicted octanol–water partition coefficient (Wildman–Crippen LogP) is 3.92. The van der Waals surface area contributed by atoms with E-state index in [4.69, 9.17) is 19.9 Å². The zero-order valence-corrected chi connectivity index (χ0v) is 17.7. The Morgan fingerprint density at radius 1 is 1.14 bits per heavy atom. The molecule has 0 atom stereocenters. The number of benzene rings is 2. The lowest BCUT2D eigenvalue weighted by molar-refractivity contribution is 0.207. The number of hydrogen-bond acceptors (Lipinski definition) is 5. The molecule has 2 rings (SSSR count). The number of hydrazone groups is 1. The van der Waals surface area contributed by atoms with Gasteiger partial charge in [0, 0.05) is 0 Å². The summed E-state index contributed by atoms with van der Waals surface area (Å²) in [5.41, 5.74) is 10.3. The summed E-state index contributed by atoms with van der Waals surface area (Å²) in [4.78, 5) is 10.7. The molecular weight excluding hydrogens is 426 g/mol. The summed E-state index contributed by atoms with van der Waals surface area (Å²) in [6.07, 6.45) is 1.46. The topological polar surface area (TPSA) is 95.2 Å². The number of nitrogens with one attached hydrogen (secondary N) is 1. The molecule has 0 aliphatic carbocycles. The van der Waals surface area contributed by atoms with E-state index in [2.05, 4.69) is 33.4 Å². The Hall–Kier alpha value is -2.74. The minimum Gasteiger partial charge on any atom is -0.490 e. The van der Waals surface area contributed by atoms with Crippen LogP contribution in [-0.2, 0) is 0 Å². The Labute approximate surface area is 173 Å². The summed E-state index contributed by atoms with van der Waals surface area (Å²) in [7, 11) is 0. The van der Waals surface area contributed by atoms with Crippen molar-refractivity contribution in [1.82, 2.24) is 5.43 Å². The lowest BCUT2D eigenvalue weighted by Gasteiger charge is -2.15. The monoisotopic (exact) mass is 449 g/mol. The number of urea groups is 1. The van der Waals surface area contributed by atoms with Crippen molar-refractivity contribution in [2.24, 2.45) is 10.8 Å². The van der Waals surface area contributed by atoms with Gasteiger partial charge in [-0.3, -0.25) is 0 Å². The van der Waals surface area contributed by atoms with E-state index in [-0.39, 0.29) is 0 Å². The molecule has 2 amide bonds. The molecule has 0 radical (unpaired) electrons. The number of carbonyl (C=O) groups excluding carboxylic acids is 1. The second kappa shape index (κ2) is 10.6. The maximum absolute atomic E-state index is 10.7. The number of rotatable bonds is 9. The summed E-state index contributed by atoms with van der Waals surface area (Å²) in [5, 5.41) is 3.75. The van der Waals surface area contributed by atoms with E-state index in [1.54, 1.807) is 12.1 Å². The van der Waals surface area contributed by atoms with Gasteiger partial charge in [0.15, 0.2) is 11.5 Å². The second-order valence-corrected chi connectivity index (χ2v) is 6.79. The Balaban J connectivity index is 2.01. The van der Waals surface area contributed by atoms with Crippen molar-refractivity contribution in [3.8, 4) is 17.2 Å². The van der Waals surface area contributed by atoms with Crippen LogP contribution >= 0.6 is 15.9 Å². The number of aryl methyl sites for hydroxylation is 2. The van der Waals surface area contributed by atoms with Gasteiger partial charge in [-0.25, -0.2) is 10.2 Å². The van der Waals surface area contributed by atoms with Crippen molar-refractivity contribution in [2.45, 2.75) is 20.8 Å². The molecule has 0 aromatic heterocycles. The molecule has 0 aliphatic heterocycles. The van der Waals surface area contributed by atoms with Gasteiger partial charge in [-0.1, -0.05) is 6.07 Å². The van der Waals surface area contributed by atoms with E-state index in [1.165, 1.54) is 17.3 Å².